The van der Waals surface area contributed by atoms with Gasteiger partial charge in [-0.05, 0) is 57.2 Å². The van der Waals surface area contributed by atoms with E-state index in [0.29, 0.717) is 23.2 Å². The number of rotatable bonds is 9. The topological polar surface area (TPSA) is 58.6 Å². The molecule has 0 fully saturated rings. The smallest absolute Gasteiger partial charge is 0.261 e. The normalized spacial score (nSPS) is 11.9. The van der Waals surface area contributed by atoms with Crippen LogP contribution in [0.5, 0.6) is 5.75 Å². The van der Waals surface area contributed by atoms with E-state index in [1.165, 1.54) is 4.90 Å². The maximum Gasteiger partial charge on any atom is 0.261 e. The molecular weight excluding hydrogens is 504 g/mol. The highest BCUT2D eigenvalue weighted by Gasteiger charge is 2.27. The molecule has 5 nitrogen and oxygen atoms in total. The number of hydrogen-bond donors (Lipinski definition) is 1. The van der Waals surface area contributed by atoms with Crippen molar-refractivity contribution in [3.63, 3.8) is 0 Å². The summed E-state index contributed by atoms with van der Waals surface area (Å²) in [4.78, 5) is 27.5. The molecule has 0 heterocycles. The van der Waals surface area contributed by atoms with Crippen molar-refractivity contribution >= 4 is 50.1 Å². The standard InChI is InChI=1S/C26H28BrClN2O3/c1-17(2)14-29-26(32)18(3)30(15-20-9-5-7-11-22(20)28)24(31)16-33-23-13-12-19-8-4-6-10-21(19)25(23)27/h4-13,17-18H,14-16H2,1-3H3,(H,29,32)/t18-/m0/s1. The largest absolute Gasteiger partial charge is 0.483 e. The number of amides is 2. The molecule has 0 aliphatic rings. The van der Waals surface area contributed by atoms with Crippen LogP contribution < -0.4 is 10.1 Å². The first-order valence-corrected chi connectivity index (χ1v) is 12.1. The van der Waals surface area contributed by atoms with Gasteiger partial charge in [-0.15, -0.1) is 0 Å². The molecule has 0 aliphatic heterocycles. The highest BCUT2D eigenvalue weighted by atomic mass is 79.9. The lowest BCUT2D eigenvalue weighted by atomic mass is 10.1. The molecule has 1 N–H and O–H groups in total. The van der Waals surface area contributed by atoms with Gasteiger partial charge in [-0.1, -0.05) is 74.0 Å². The Morgan fingerprint density at radius 3 is 2.45 bits per heavy atom. The fourth-order valence-corrected chi connectivity index (χ4v) is 4.20. The predicted molar refractivity (Wildman–Crippen MR) is 136 cm³/mol. The van der Waals surface area contributed by atoms with Crippen LogP contribution in [0.2, 0.25) is 5.02 Å². The number of hydrogen-bond acceptors (Lipinski definition) is 3. The van der Waals surface area contributed by atoms with E-state index in [9.17, 15) is 9.59 Å². The summed E-state index contributed by atoms with van der Waals surface area (Å²) < 4.78 is 6.67. The Balaban J connectivity index is 1.79. The summed E-state index contributed by atoms with van der Waals surface area (Å²) in [5.41, 5.74) is 0.767. The van der Waals surface area contributed by atoms with Gasteiger partial charge >= 0.3 is 0 Å². The Labute approximate surface area is 208 Å². The number of nitrogens with zero attached hydrogens (tertiary/aromatic N) is 1. The second-order valence-electron chi connectivity index (χ2n) is 8.32. The van der Waals surface area contributed by atoms with E-state index >= 15 is 0 Å². The van der Waals surface area contributed by atoms with Gasteiger partial charge in [0.1, 0.15) is 11.8 Å². The number of fused-ring (bicyclic) bond motifs is 1. The molecule has 0 spiro atoms. The van der Waals surface area contributed by atoms with Crippen molar-refractivity contribution in [2.45, 2.75) is 33.4 Å². The average molecular weight is 532 g/mol. The van der Waals surface area contributed by atoms with Crippen molar-refractivity contribution < 1.29 is 14.3 Å². The molecule has 0 saturated heterocycles. The molecule has 0 unspecified atom stereocenters. The van der Waals surface area contributed by atoms with Gasteiger partial charge in [0.05, 0.1) is 4.47 Å². The molecule has 0 aromatic heterocycles. The van der Waals surface area contributed by atoms with Crippen molar-refractivity contribution in [3.8, 4) is 5.75 Å². The summed E-state index contributed by atoms with van der Waals surface area (Å²) in [5, 5.41) is 5.52. The second-order valence-corrected chi connectivity index (χ2v) is 9.52. The zero-order chi connectivity index (χ0) is 24.0. The van der Waals surface area contributed by atoms with Gasteiger partial charge in [0, 0.05) is 18.1 Å². The molecule has 2 amide bonds. The molecule has 7 heteroatoms. The van der Waals surface area contributed by atoms with Crippen LogP contribution in [0.25, 0.3) is 10.8 Å². The van der Waals surface area contributed by atoms with E-state index in [1.54, 1.807) is 13.0 Å². The van der Waals surface area contributed by atoms with Crippen LogP contribution in [0.15, 0.2) is 65.1 Å². The molecule has 33 heavy (non-hydrogen) atoms. The molecule has 3 aromatic carbocycles. The lowest BCUT2D eigenvalue weighted by Crippen LogP contribution is -2.49. The summed E-state index contributed by atoms with van der Waals surface area (Å²) >= 11 is 9.92. The lowest BCUT2D eigenvalue weighted by Gasteiger charge is -2.29. The van der Waals surface area contributed by atoms with E-state index in [0.717, 1.165) is 20.8 Å². The number of halogens is 2. The first kappa shape index (κ1) is 25.1. The van der Waals surface area contributed by atoms with Crippen LogP contribution in [-0.2, 0) is 16.1 Å². The van der Waals surface area contributed by atoms with E-state index in [4.69, 9.17) is 16.3 Å². The van der Waals surface area contributed by atoms with Gasteiger partial charge in [0.25, 0.3) is 5.91 Å². The summed E-state index contributed by atoms with van der Waals surface area (Å²) in [7, 11) is 0. The van der Waals surface area contributed by atoms with Crippen molar-refractivity contribution in [1.29, 1.82) is 0 Å². The summed E-state index contributed by atoms with van der Waals surface area (Å²) in [6.07, 6.45) is 0. The number of ether oxygens (including phenoxy) is 1. The van der Waals surface area contributed by atoms with Gasteiger partial charge in [-0.2, -0.15) is 0 Å². The monoisotopic (exact) mass is 530 g/mol. The van der Waals surface area contributed by atoms with Gasteiger partial charge < -0.3 is 15.0 Å². The Morgan fingerprint density at radius 1 is 1.03 bits per heavy atom. The molecule has 3 rings (SSSR count). The molecule has 0 bridgehead atoms. The average Bonchev–Trinajstić information content (AvgIpc) is 2.81. The number of nitrogens with one attached hydrogen (secondary N) is 1. The van der Waals surface area contributed by atoms with Crippen LogP contribution in [0.4, 0.5) is 0 Å². The number of carbonyl (C=O) groups excluding carboxylic acids is 2. The molecule has 0 aliphatic carbocycles. The van der Waals surface area contributed by atoms with Gasteiger partial charge in [-0.25, -0.2) is 0 Å². The molecule has 0 saturated carbocycles. The van der Waals surface area contributed by atoms with E-state index in [-0.39, 0.29) is 25.0 Å². The van der Waals surface area contributed by atoms with Crippen LogP contribution >= 0.6 is 27.5 Å². The SMILES string of the molecule is CC(C)CNC(=O)[C@H](C)N(Cc1ccccc1Cl)C(=O)COc1ccc2ccccc2c1Br. The van der Waals surface area contributed by atoms with Crippen LogP contribution in [-0.4, -0.2) is 35.9 Å². The van der Waals surface area contributed by atoms with Crippen molar-refractivity contribution in [2.75, 3.05) is 13.2 Å². The minimum absolute atomic E-state index is 0.205. The summed E-state index contributed by atoms with van der Waals surface area (Å²) in [5.74, 6) is 0.359. The molecule has 0 radical (unpaired) electrons. The van der Waals surface area contributed by atoms with E-state index in [2.05, 4.69) is 21.2 Å². The minimum Gasteiger partial charge on any atom is -0.483 e. The van der Waals surface area contributed by atoms with Gasteiger partial charge in [0.15, 0.2) is 6.61 Å². The lowest BCUT2D eigenvalue weighted by molar-refractivity contribution is -0.142. The Morgan fingerprint density at radius 2 is 1.73 bits per heavy atom. The van der Waals surface area contributed by atoms with Crippen molar-refractivity contribution in [2.24, 2.45) is 5.92 Å². The quantitative estimate of drug-likeness (QED) is 0.378. The van der Waals surface area contributed by atoms with Crippen LogP contribution in [0.1, 0.15) is 26.3 Å². The fraction of sp³-hybridized carbons (Fsp3) is 0.308. The highest BCUT2D eigenvalue weighted by Crippen LogP contribution is 2.33. The predicted octanol–water partition coefficient (Wildman–Crippen LogP) is 5.82. The van der Waals surface area contributed by atoms with Crippen LogP contribution in [0.3, 0.4) is 0 Å². The number of benzene rings is 3. The van der Waals surface area contributed by atoms with Gasteiger partial charge in [0.2, 0.25) is 5.91 Å². The summed E-state index contributed by atoms with van der Waals surface area (Å²) in [6.45, 7) is 6.30. The molecular formula is C26H28BrClN2O3. The summed E-state index contributed by atoms with van der Waals surface area (Å²) in [6, 6.07) is 18.3. The third-order valence-corrected chi connectivity index (χ3v) is 6.52. The Bertz CT molecular complexity index is 1140. The molecule has 3 aromatic rings. The minimum atomic E-state index is -0.684. The van der Waals surface area contributed by atoms with Crippen molar-refractivity contribution in [1.82, 2.24) is 10.2 Å². The molecule has 1 atom stereocenters. The zero-order valence-electron chi connectivity index (χ0n) is 19.0. The third kappa shape index (κ3) is 6.49. The third-order valence-electron chi connectivity index (χ3n) is 5.33. The number of carbonyl (C=O) groups is 2. The maximum absolute atomic E-state index is 13.3. The Hall–Kier alpha value is -2.57. The second kappa shape index (κ2) is 11.5. The zero-order valence-corrected chi connectivity index (χ0v) is 21.3. The van der Waals surface area contributed by atoms with Crippen LogP contribution in [0, 0.1) is 5.92 Å². The highest BCUT2D eigenvalue weighted by molar-refractivity contribution is 9.10. The molecule has 174 valence electrons. The van der Waals surface area contributed by atoms with E-state index < -0.39 is 6.04 Å². The first-order chi connectivity index (χ1) is 15.8. The van der Waals surface area contributed by atoms with Crippen molar-refractivity contribution in [3.05, 3.63) is 75.7 Å². The Kier molecular flexibility index (Phi) is 8.75. The maximum atomic E-state index is 13.3. The van der Waals surface area contributed by atoms with E-state index in [1.807, 2.05) is 68.4 Å². The first-order valence-electron chi connectivity index (χ1n) is 10.9. The van der Waals surface area contributed by atoms with Gasteiger partial charge in [-0.3, -0.25) is 9.59 Å². The fourth-order valence-electron chi connectivity index (χ4n) is 3.39.